The highest BCUT2D eigenvalue weighted by Crippen LogP contribution is 2.43. The maximum atomic E-state index is 10.7. The summed E-state index contributed by atoms with van der Waals surface area (Å²) in [6.07, 6.45) is 2.40. The molecule has 4 heterocycles. The van der Waals surface area contributed by atoms with E-state index in [-0.39, 0.29) is 24.7 Å². The number of rotatable bonds is 7. The number of nitrogen functional groups attached to an aromatic ring is 1. The summed E-state index contributed by atoms with van der Waals surface area (Å²) in [6, 6.07) is 0. The molecule has 0 bridgehead atoms. The van der Waals surface area contributed by atoms with E-state index in [2.05, 4.69) is 15.0 Å². The number of aliphatic carboxylic acids is 1. The summed E-state index contributed by atoms with van der Waals surface area (Å²) in [6.45, 7) is 4.99. The number of fused-ring (bicyclic) bond motifs is 2. The van der Waals surface area contributed by atoms with Gasteiger partial charge in [0.05, 0.1) is 6.33 Å². The van der Waals surface area contributed by atoms with Crippen molar-refractivity contribution < 1.29 is 24.1 Å². The molecule has 2 saturated heterocycles. The zero-order valence-electron chi connectivity index (χ0n) is 16.7. The molecule has 0 saturated carbocycles. The van der Waals surface area contributed by atoms with Crippen molar-refractivity contribution in [2.75, 3.05) is 25.9 Å². The quantitative estimate of drug-likeness (QED) is 0.673. The van der Waals surface area contributed by atoms with E-state index in [1.54, 1.807) is 10.9 Å². The number of hydrogen-bond acceptors (Lipinski definition) is 9. The van der Waals surface area contributed by atoms with E-state index in [1.165, 1.54) is 6.33 Å². The number of imidazole rings is 1. The molecule has 2 fully saturated rings. The predicted octanol–water partition coefficient (Wildman–Crippen LogP) is 0.623. The molecule has 11 nitrogen and oxygen atoms in total. The van der Waals surface area contributed by atoms with Crippen LogP contribution >= 0.6 is 0 Å². The molecule has 2 aliphatic rings. The van der Waals surface area contributed by atoms with E-state index >= 15 is 0 Å². The van der Waals surface area contributed by atoms with Crippen molar-refractivity contribution in [1.82, 2.24) is 24.4 Å². The van der Waals surface area contributed by atoms with Gasteiger partial charge in [-0.05, 0) is 33.9 Å². The zero-order chi connectivity index (χ0) is 20.8. The summed E-state index contributed by atoms with van der Waals surface area (Å²) >= 11 is 0. The summed E-state index contributed by atoms with van der Waals surface area (Å²) in [5, 5.41) is 8.83. The maximum Gasteiger partial charge on any atom is 0.303 e. The van der Waals surface area contributed by atoms with E-state index in [0.717, 1.165) is 0 Å². The number of carboxylic acids is 1. The van der Waals surface area contributed by atoms with Crippen molar-refractivity contribution in [1.29, 1.82) is 0 Å². The fourth-order valence-corrected chi connectivity index (χ4v) is 3.98. The average molecular weight is 406 g/mol. The number of nitrogens with two attached hydrogens (primary N) is 1. The standard InChI is InChI=1S/C18H26N6O5/c1-18(2)28-13-10(7-23(3)6-4-5-11(25)26)27-17(14(13)29-18)24-9-22-12-15(19)20-8-21-16(12)24/h8-10,13-14,17H,4-7H2,1-3H3,(H,25,26)(H2,19,20,21)/t10?,13-,14-,17?/m1/s1. The van der Waals surface area contributed by atoms with Crippen LogP contribution in [0, 0.1) is 0 Å². The molecule has 0 amide bonds. The minimum atomic E-state index is -0.793. The Morgan fingerprint density at radius 3 is 2.83 bits per heavy atom. The van der Waals surface area contributed by atoms with Crippen LogP contribution in [0.25, 0.3) is 11.2 Å². The molecule has 158 valence electrons. The Balaban J connectivity index is 1.54. The molecule has 29 heavy (non-hydrogen) atoms. The third kappa shape index (κ3) is 3.90. The molecule has 0 radical (unpaired) electrons. The summed E-state index contributed by atoms with van der Waals surface area (Å²) in [5.41, 5.74) is 6.99. The predicted molar refractivity (Wildman–Crippen MR) is 102 cm³/mol. The van der Waals surface area contributed by atoms with Crippen molar-refractivity contribution in [3.05, 3.63) is 12.7 Å². The monoisotopic (exact) mass is 406 g/mol. The molecule has 3 N–H and O–H groups in total. The second-order valence-electron chi connectivity index (χ2n) is 7.97. The minimum Gasteiger partial charge on any atom is -0.481 e. The van der Waals surface area contributed by atoms with Gasteiger partial charge < -0.3 is 30.0 Å². The Morgan fingerprint density at radius 1 is 1.31 bits per heavy atom. The molecule has 0 aliphatic carbocycles. The van der Waals surface area contributed by atoms with Gasteiger partial charge in [-0.1, -0.05) is 0 Å². The molecule has 0 aromatic carbocycles. The number of anilines is 1. The highest BCUT2D eigenvalue weighted by atomic mass is 16.8. The average Bonchev–Trinajstić information content (AvgIpc) is 3.27. The summed E-state index contributed by atoms with van der Waals surface area (Å²) in [7, 11) is 1.94. The first-order valence-electron chi connectivity index (χ1n) is 9.59. The second kappa shape index (κ2) is 7.48. The van der Waals surface area contributed by atoms with Crippen molar-refractivity contribution in [3.63, 3.8) is 0 Å². The van der Waals surface area contributed by atoms with Gasteiger partial charge >= 0.3 is 5.97 Å². The van der Waals surface area contributed by atoms with Crippen molar-refractivity contribution in [2.45, 2.75) is 57.0 Å². The third-order valence-corrected chi connectivity index (χ3v) is 5.21. The van der Waals surface area contributed by atoms with E-state index in [0.29, 0.717) is 36.5 Å². The second-order valence-corrected chi connectivity index (χ2v) is 7.97. The number of aromatic nitrogens is 4. The van der Waals surface area contributed by atoms with Crippen LogP contribution in [0.5, 0.6) is 0 Å². The number of ether oxygens (including phenoxy) is 3. The van der Waals surface area contributed by atoms with Gasteiger partial charge in [0.1, 0.15) is 30.2 Å². The smallest absolute Gasteiger partial charge is 0.303 e. The third-order valence-electron chi connectivity index (χ3n) is 5.21. The number of hydrogen-bond donors (Lipinski definition) is 2. The molecule has 4 atom stereocenters. The van der Waals surface area contributed by atoms with Crippen LogP contribution in [0.4, 0.5) is 5.82 Å². The lowest BCUT2D eigenvalue weighted by Crippen LogP contribution is -2.38. The van der Waals surface area contributed by atoms with Crippen molar-refractivity contribution in [2.24, 2.45) is 0 Å². The molecule has 11 heteroatoms. The Labute approximate surface area is 167 Å². The van der Waals surface area contributed by atoms with Gasteiger partial charge in [-0.3, -0.25) is 9.36 Å². The first-order valence-corrected chi connectivity index (χ1v) is 9.59. The van der Waals surface area contributed by atoms with Gasteiger partial charge in [-0.2, -0.15) is 0 Å². The molecule has 2 aromatic rings. The van der Waals surface area contributed by atoms with E-state index < -0.39 is 18.0 Å². The van der Waals surface area contributed by atoms with Crippen LogP contribution in [0.15, 0.2) is 12.7 Å². The molecule has 0 spiro atoms. The van der Waals surface area contributed by atoms with E-state index in [9.17, 15) is 4.79 Å². The Hall–Kier alpha value is -2.34. The van der Waals surface area contributed by atoms with Gasteiger partial charge in [0, 0.05) is 13.0 Å². The number of carboxylic acid groups (broad SMARTS) is 1. The van der Waals surface area contributed by atoms with Gasteiger partial charge in [0.25, 0.3) is 0 Å². The normalized spacial score (nSPS) is 28.3. The Morgan fingerprint density at radius 2 is 2.07 bits per heavy atom. The largest absolute Gasteiger partial charge is 0.481 e. The van der Waals surface area contributed by atoms with E-state index in [1.807, 2.05) is 25.8 Å². The van der Waals surface area contributed by atoms with Crippen molar-refractivity contribution in [3.8, 4) is 0 Å². The molecule has 2 aromatic heterocycles. The summed E-state index contributed by atoms with van der Waals surface area (Å²) in [5.74, 6) is -1.22. The lowest BCUT2D eigenvalue weighted by Gasteiger charge is -2.27. The summed E-state index contributed by atoms with van der Waals surface area (Å²) in [4.78, 5) is 25.4. The molecular weight excluding hydrogens is 380 g/mol. The molecule has 2 aliphatic heterocycles. The number of likely N-dealkylation sites (N-methyl/N-ethyl adjacent to an activating group) is 1. The molecule has 2 unspecified atom stereocenters. The Kier molecular flexibility index (Phi) is 5.15. The summed E-state index contributed by atoms with van der Waals surface area (Å²) < 4.78 is 20.4. The van der Waals surface area contributed by atoms with Gasteiger partial charge in [0.2, 0.25) is 0 Å². The first-order chi connectivity index (χ1) is 13.7. The van der Waals surface area contributed by atoms with Gasteiger partial charge in [0.15, 0.2) is 23.5 Å². The number of carbonyl (C=O) groups is 1. The van der Waals surface area contributed by atoms with Crippen molar-refractivity contribution >= 4 is 23.0 Å². The first kappa shape index (κ1) is 20.0. The van der Waals surface area contributed by atoms with Gasteiger partial charge in [-0.25, -0.2) is 15.0 Å². The Bertz CT molecular complexity index is 902. The molecular formula is C18H26N6O5. The van der Waals surface area contributed by atoms with Crippen LogP contribution in [0.1, 0.15) is 32.9 Å². The van der Waals surface area contributed by atoms with Crippen LogP contribution in [0.2, 0.25) is 0 Å². The van der Waals surface area contributed by atoms with Gasteiger partial charge in [-0.15, -0.1) is 0 Å². The van der Waals surface area contributed by atoms with Crippen LogP contribution in [0.3, 0.4) is 0 Å². The van der Waals surface area contributed by atoms with Crippen LogP contribution in [-0.2, 0) is 19.0 Å². The zero-order valence-corrected chi connectivity index (χ0v) is 16.7. The highest BCUT2D eigenvalue weighted by molar-refractivity contribution is 5.81. The fourth-order valence-electron chi connectivity index (χ4n) is 3.98. The SMILES string of the molecule is CN(CCCC(=O)O)CC1OC(n2cnc3c(N)ncnc32)[C@@H]2OC(C)(C)O[C@H]12. The van der Waals surface area contributed by atoms with Crippen LogP contribution in [-0.4, -0.2) is 79.7 Å². The highest BCUT2D eigenvalue weighted by Gasteiger charge is 2.56. The van der Waals surface area contributed by atoms with E-state index in [4.69, 9.17) is 25.1 Å². The topological polar surface area (TPSA) is 138 Å². The lowest BCUT2D eigenvalue weighted by molar-refractivity contribution is -0.197. The van der Waals surface area contributed by atoms with Crippen LogP contribution < -0.4 is 5.73 Å². The molecule has 4 rings (SSSR count). The number of nitrogens with zero attached hydrogens (tertiary/aromatic N) is 5. The minimum absolute atomic E-state index is 0.138. The lowest BCUT2D eigenvalue weighted by atomic mass is 10.1. The maximum absolute atomic E-state index is 10.7. The fraction of sp³-hybridized carbons (Fsp3) is 0.667.